The summed E-state index contributed by atoms with van der Waals surface area (Å²) >= 11 is 3.54. The van der Waals surface area contributed by atoms with Crippen LogP contribution in [-0.4, -0.2) is 12.6 Å². The van der Waals surface area contributed by atoms with Gasteiger partial charge in [0.15, 0.2) is 0 Å². The van der Waals surface area contributed by atoms with Gasteiger partial charge in [0.25, 0.3) is 0 Å². The lowest BCUT2D eigenvalue weighted by molar-refractivity contribution is 0.339. The molecule has 0 aliphatic carbocycles. The minimum Gasteiger partial charge on any atom is -0.494 e. The predicted molar refractivity (Wildman–Crippen MR) is 89.2 cm³/mol. The molecule has 3 nitrogen and oxygen atoms in total. The molecule has 1 atom stereocenters. The average Bonchev–Trinajstić information content (AvgIpc) is 2.43. The van der Waals surface area contributed by atoms with Gasteiger partial charge in [0.1, 0.15) is 17.2 Å². The molecule has 0 saturated carbocycles. The number of benzene rings is 2. The molecule has 2 N–H and O–H groups in total. The molecule has 0 bridgehead atoms. The second kappa shape index (κ2) is 7.48. The number of nitrogens with two attached hydrogens (primary N) is 1. The molecule has 112 valence electrons. The van der Waals surface area contributed by atoms with E-state index < -0.39 is 0 Å². The smallest absolute Gasteiger partial charge is 0.141 e. The summed E-state index contributed by atoms with van der Waals surface area (Å²) in [5, 5.41) is 0. The van der Waals surface area contributed by atoms with Crippen LogP contribution >= 0.6 is 15.9 Å². The maximum atomic E-state index is 5.87. The van der Waals surface area contributed by atoms with Crippen LogP contribution in [0.4, 0.5) is 0 Å². The first-order chi connectivity index (χ1) is 10.1. The molecule has 0 amide bonds. The molecule has 0 aliphatic heterocycles. The zero-order valence-corrected chi connectivity index (χ0v) is 13.9. The van der Waals surface area contributed by atoms with E-state index >= 15 is 0 Å². The Morgan fingerprint density at radius 1 is 1.10 bits per heavy atom. The van der Waals surface area contributed by atoms with E-state index in [0.717, 1.165) is 28.1 Å². The fourth-order valence-corrected chi connectivity index (χ4v) is 2.53. The summed E-state index contributed by atoms with van der Waals surface area (Å²) in [4.78, 5) is 0. The second-order valence-electron chi connectivity index (χ2n) is 4.95. The molecule has 0 fully saturated rings. The summed E-state index contributed by atoms with van der Waals surface area (Å²) in [6.07, 6.45) is 0.849. The molecule has 0 aliphatic rings. The van der Waals surface area contributed by atoms with Gasteiger partial charge in [-0.1, -0.05) is 6.07 Å². The van der Waals surface area contributed by atoms with Crippen molar-refractivity contribution >= 4 is 15.9 Å². The minimum atomic E-state index is 0.148. The highest BCUT2D eigenvalue weighted by atomic mass is 79.9. The molecule has 1 unspecified atom stereocenters. The van der Waals surface area contributed by atoms with Crippen molar-refractivity contribution in [3.63, 3.8) is 0 Å². The van der Waals surface area contributed by atoms with Gasteiger partial charge in [-0.15, -0.1) is 0 Å². The van der Waals surface area contributed by atoms with Crippen molar-refractivity contribution < 1.29 is 9.47 Å². The third-order valence-electron chi connectivity index (χ3n) is 2.92. The van der Waals surface area contributed by atoms with Crippen LogP contribution in [0.15, 0.2) is 46.9 Å². The third kappa shape index (κ3) is 4.76. The van der Waals surface area contributed by atoms with E-state index in [4.69, 9.17) is 15.2 Å². The second-order valence-corrected chi connectivity index (χ2v) is 5.81. The first kappa shape index (κ1) is 15.9. The van der Waals surface area contributed by atoms with Crippen LogP contribution in [0.3, 0.4) is 0 Å². The summed E-state index contributed by atoms with van der Waals surface area (Å²) in [5.74, 6) is 2.41. The van der Waals surface area contributed by atoms with Gasteiger partial charge in [-0.05, 0) is 78.2 Å². The molecule has 0 heterocycles. The summed E-state index contributed by atoms with van der Waals surface area (Å²) < 4.78 is 12.2. The van der Waals surface area contributed by atoms with Crippen molar-refractivity contribution in [2.75, 3.05) is 6.61 Å². The standard InChI is InChI=1S/C17H20BrNO2/c1-3-20-14-5-7-15(8-6-14)21-17-9-4-13(10-12(2)19)11-16(17)18/h4-9,11-12H,3,10,19H2,1-2H3. The van der Waals surface area contributed by atoms with Crippen LogP contribution in [0.1, 0.15) is 19.4 Å². The Morgan fingerprint density at radius 3 is 2.33 bits per heavy atom. The highest BCUT2D eigenvalue weighted by molar-refractivity contribution is 9.10. The van der Waals surface area contributed by atoms with Crippen molar-refractivity contribution in [3.8, 4) is 17.2 Å². The molecule has 0 aromatic heterocycles. The molecule has 2 aromatic rings. The number of hydrogen-bond acceptors (Lipinski definition) is 3. The Bertz CT molecular complexity index is 582. The number of hydrogen-bond donors (Lipinski definition) is 1. The van der Waals surface area contributed by atoms with Crippen LogP contribution in [-0.2, 0) is 6.42 Å². The van der Waals surface area contributed by atoms with E-state index in [1.54, 1.807) is 0 Å². The fourth-order valence-electron chi connectivity index (χ4n) is 2.02. The Kier molecular flexibility index (Phi) is 5.65. The molecule has 2 aromatic carbocycles. The van der Waals surface area contributed by atoms with Gasteiger partial charge in [-0.25, -0.2) is 0 Å². The first-order valence-electron chi connectivity index (χ1n) is 7.03. The van der Waals surface area contributed by atoms with E-state index in [-0.39, 0.29) is 6.04 Å². The summed E-state index contributed by atoms with van der Waals surface area (Å²) in [5.41, 5.74) is 7.01. The monoisotopic (exact) mass is 349 g/mol. The lowest BCUT2D eigenvalue weighted by Gasteiger charge is -2.11. The van der Waals surface area contributed by atoms with Gasteiger partial charge >= 0.3 is 0 Å². The normalized spacial score (nSPS) is 12.0. The lowest BCUT2D eigenvalue weighted by Crippen LogP contribution is -2.17. The van der Waals surface area contributed by atoms with E-state index in [1.165, 1.54) is 5.56 Å². The van der Waals surface area contributed by atoms with Gasteiger partial charge in [0.05, 0.1) is 11.1 Å². The van der Waals surface area contributed by atoms with Gasteiger partial charge in [-0.3, -0.25) is 0 Å². The van der Waals surface area contributed by atoms with E-state index in [9.17, 15) is 0 Å². The summed E-state index contributed by atoms with van der Waals surface area (Å²) in [6, 6.07) is 13.8. The summed E-state index contributed by atoms with van der Waals surface area (Å²) in [6.45, 7) is 4.62. The molecular weight excluding hydrogens is 330 g/mol. The third-order valence-corrected chi connectivity index (χ3v) is 3.54. The molecule has 0 radical (unpaired) electrons. The topological polar surface area (TPSA) is 44.5 Å². The zero-order chi connectivity index (χ0) is 15.2. The van der Waals surface area contributed by atoms with Crippen molar-refractivity contribution in [2.24, 2.45) is 5.73 Å². The number of halogens is 1. The summed E-state index contributed by atoms with van der Waals surface area (Å²) in [7, 11) is 0. The number of ether oxygens (including phenoxy) is 2. The molecule has 21 heavy (non-hydrogen) atoms. The van der Waals surface area contributed by atoms with Crippen molar-refractivity contribution in [1.82, 2.24) is 0 Å². The largest absolute Gasteiger partial charge is 0.494 e. The van der Waals surface area contributed by atoms with E-state index in [2.05, 4.69) is 15.9 Å². The van der Waals surface area contributed by atoms with E-state index in [0.29, 0.717) is 6.61 Å². The molecule has 4 heteroatoms. The van der Waals surface area contributed by atoms with Gasteiger partial charge in [0.2, 0.25) is 0 Å². The van der Waals surface area contributed by atoms with Crippen LogP contribution in [0.2, 0.25) is 0 Å². The van der Waals surface area contributed by atoms with Crippen LogP contribution in [0.5, 0.6) is 17.2 Å². The average molecular weight is 350 g/mol. The number of rotatable bonds is 6. The first-order valence-corrected chi connectivity index (χ1v) is 7.82. The van der Waals surface area contributed by atoms with Crippen LogP contribution < -0.4 is 15.2 Å². The highest BCUT2D eigenvalue weighted by Crippen LogP contribution is 2.31. The molecule has 2 rings (SSSR count). The van der Waals surface area contributed by atoms with Crippen molar-refractivity contribution in [3.05, 3.63) is 52.5 Å². The van der Waals surface area contributed by atoms with Crippen LogP contribution in [0, 0.1) is 0 Å². The fraction of sp³-hybridized carbons (Fsp3) is 0.294. The maximum Gasteiger partial charge on any atom is 0.141 e. The van der Waals surface area contributed by atoms with Gasteiger partial charge in [-0.2, -0.15) is 0 Å². The van der Waals surface area contributed by atoms with Crippen LogP contribution in [0.25, 0.3) is 0 Å². The maximum absolute atomic E-state index is 5.87. The van der Waals surface area contributed by atoms with Crippen molar-refractivity contribution in [1.29, 1.82) is 0 Å². The highest BCUT2D eigenvalue weighted by Gasteiger charge is 2.06. The Labute approximate surface area is 134 Å². The minimum absolute atomic E-state index is 0.148. The Balaban J connectivity index is 2.08. The SMILES string of the molecule is CCOc1ccc(Oc2ccc(CC(C)N)cc2Br)cc1. The predicted octanol–water partition coefficient (Wildman–Crippen LogP) is 4.53. The molecular formula is C17H20BrNO2. The molecule has 0 saturated heterocycles. The van der Waals surface area contributed by atoms with Gasteiger partial charge < -0.3 is 15.2 Å². The Hall–Kier alpha value is -1.52. The quantitative estimate of drug-likeness (QED) is 0.833. The van der Waals surface area contributed by atoms with Crippen molar-refractivity contribution in [2.45, 2.75) is 26.3 Å². The van der Waals surface area contributed by atoms with Gasteiger partial charge in [0, 0.05) is 6.04 Å². The van der Waals surface area contributed by atoms with E-state index in [1.807, 2.05) is 56.3 Å². The lowest BCUT2D eigenvalue weighted by atomic mass is 10.1. The zero-order valence-electron chi connectivity index (χ0n) is 12.3. The Morgan fingerprint density at radius 2 is 1.76 bits per heavy atom. The molecule has 0 spiro atoms.